The summed E-state index contributed by atoms with van der Waals surface area (Å²) >= 11 is 0. The molecule has 0 aliphatic carbocycles. The van der Waals surface area contributed by atoms with E-state index in [1.807, 2.05) is 26.1 Å². The molecule has 0 saturated heterocycles. The first-order valence-electron chi connectivity index (χ1n) is 6.82. The van der Waals surface area contributed by atoms with Gasteiger partial charge in [-0.15, -0.1) is 0 Å². The summed E-state index contributed by atoms with van der Waals surface area (Å²) < 4.78 is 5.53. The molecular weight excluding hydrogens is 250 g/mol. The van der Waals surface area contributed by atoms with E-state index in [2.05, 4.69) is 28.1 Å². The van der Waals surface area contributed by atoms with Crippen molar-refractivity contribution >= 4 is 11.5 Å². The number of ether oxygens (including phenoxy) is 1. The van der Waals surface area contributed by atoms with Gasteiger partial charge >= 0.3 is 0 Å². The van der Waals surface area contributed by atoms with Crippen LogP contribution >= 0.6 is 0 Å². The molecule has 20 heavy (non-hydrogen) atoms. The molecule has 0 amide bonds. The summed E-state index contributed by atoms with van der Waals surface area (Å²) in [6.07, 6.45) is 1.01. The minimum absolute atomic E-state index is 0.733. The highest BCUT2D eigenvalue weighted by molar-refractivity contribution is 5.50. The first kappa shape index (κ1) is 12.8. The van der Waals surface area contributed by atoms with Gasteiger partial charge in [0.25, 0.3) is 0 Å². The quantitative estimate of drug-likeness (QED) is 0.930. The SMILES string of the molecule is Cc1nc(N(C)Cc2ccc3c(c2)CCO3)ccc1N. The van der Waals surface area contributed by atoms with Crippen molar-refractivity contribution in [2.24, 2.45) is 0 Å². The van der Waals surface area contributed by atoms with E-state index in [9.17, 15) is 0 Å². The summed E-state index contributed by atoms with van der Waals surface area (Å²) in [5.74, 6) is 1.96. The van der Waals surface area contributed by atoms with Crippen molar-refractivity contribution < 1.29 is 4.74 Å². The van der Waals surface area contributed by atoms with Crippen LogP contribution in [0, 0.1) is 6.92 Å². The van der Waals surface area contributed by atoms with E-state index in [4.69, 9.17) is 10.5 Å². The number of anilines is 2. The third-order valence-corrected chi connectivity index (χ3v) is 3.68. The van der Waals surface area contributed by atoms with Crippen molar-refractivity contribution in [3.63, 3.8) is 0 Å². The lowest BCUT2D eigenvalue weighted by molar-refractivity contribution is 0.357. The Morgan fingerprint density at radius 1 is 1.30 bits per heavy atom. The number of benzene rings is 1. The van der Waals surface area contributed by atoms with Gasteiger partial charge in [-0.05, 0) is 36.2 Å². The van der Waals surface area contributed by atoms with Gasteiger partial charge in [0.15, 0.2) is 0 Å². The molecule has 0 spiro atoms. The van der Waals surface area contributed by atoms with Crippen molar-refractivity contribution in [1.29, 1.82) is 0 Å². The highest BCUT2D eigenvalue weighted by atomic mass is 16.5. The number of aryl methyl sites for hydroxylation is 1. The minimum Gasteiger partial charge on any atom is -0.493 e. The van der Waals surface area contributed by atoms with Crippen LogP contribution in [0.3, 0.4) is 0 Å². The number of hydrogen-bond acceptors (Lipinski definition) is 4. The molecular formula is C16H19N3O. The predicted octanol–water partition coefficient (Wildman–Crippen LogP) is 2.54. The Balaban J connectivity index is 1.78. The Kier molecular flexibility index (Phi) is 3.22. The smallest absolute Gasteiger partial charge is 0.128 e. The summed E-state index contributed by atoms with van der Waals surface area (Å²) in [4.78, 5) is 6.65. The molecule has 0 radical (unpaired) electrons. The lowest BCUT2D eigenvalue weighted by Gasteiger charge is -2.19. The molecule has 1 aliphatic rings. The number of nitrogens with zero attached hydrogens (tertiary/aromatic N) is 2. The van der Waals surface area contributed by atoms with Gasteiger partial charge in [-0.25, -0.2) is 4.98 Å². The number of nitrogen functional groups attached to an aromatic ring is 1. The van der Waals surface area contributed by atoms with E-state index >= 15 is 0 Å². The van der Waals surface area contributed by atoms with Crippen LogP contribution in [-0.4, -0.2) is 18.6 Å². The maximum absolute atomic E-state index is 5.81. The van der Waals surface area contributed by atoms with Crippen molar-refractivity contribution in [3.8, 4) is 5.75 Å². The second kappa shape index (κ2) is 5.04. The molecule has 2 N–H and O–H groups in total. The Labute approximate surface area is 119 Å². The van der Waals surface area contributed by atoms with Crippen LogP contribution < -0.4 is 15.4 Å². The fraction of sp³-hybridized carbons (Fsp3) is 0.312. The number of hydrogen-bond donors (Lipinski definition) is 1. The Morgan fingerprint density at radius 2 is 2.15 bits per heavy atom. The molecule has 1 aromatic carbocycles. The third kappa shape index (κ3) is 2.41. The molecule has 0 bridgehead atoms. The fourth-order valence-electron chi connectivity index (χ4n) is 2.46. The van der Waals surface area contributed by atoms with Gasteiger partial charge in [-0.3, -0.25) is 0 Å². The molecule has 0 saturated carbocycles. The van der Waals surface area contributed by atoms with Crippen LogP contribution in [0.4, 0.5) is 11.5 Å². The maximum atomic E-state index is 5.81. The molecule has 2 heterocycles. The van der Waals surface area contributed by atoms with Gasteiger partial charge in [0.05, 0.1) is 18.0 Å². The fourth-order valence-corrected chi connectivity index (χ4v) is 2.46. The number of fused-ring (bicyclic) bond motifs is 1. The zero-order valence-corrected chi connectivity index (χ0v) is 11.9. The zero-order chi connectivity index (χ0) is 14.1. The van der Waals surface area contributed by atoms with Gasteiger partial charge < -0.3 is 15.4 Å². The highest BCUT2D eigenvalue weighted by Crippen LogP contribution is 2.26. The molecule has 3 rings (SSSR count). The standard InChI is InChI=1S/C16H19N3O/c1-11-14(17)4-6-16(18-11)19(2)10-12-3-5-15-13(9-12)7-8-20-15/h3-6,9H,7-8,10,17H2,1-2H3. The molecule has 1 aromatic heterocycles. The maximum Gasteiger partial charge on any atom is 0.128 e. The summed E-state index contributed by atoms with van der Waals surface area (Å²) in [7, 11) is 2.04. The molecule has 0 unspecified atom stereocenters. The molecule has 4 nitrogen and oxygen atoms in total. The molecule has 0 atom stereocenters. The van der Waals surface area contributed by atoms with Crippen LogP contribution in [0.5, 0.6) is 5.75 Å². The lowest BCUT2D eigenvalue weighted by atomic mass is 10.1. The monoisotopic (exact) mass is 269 g/mol. The van der Waals surface area contributed by atoms with Gasteiger partial charge in [-0.1, -0.05) is 12.1 Å². The van der Waals surface area contributed by atoms with E-state index < -0.39 is 0 Å². The summed E-state index contributed by atoms with van der Waals surface area (Å²) in [5, 5.41) is 0. The van der Waals surface area contributed by atoms with E-state index in [0.717, 1.165) is 42.5 Å². The molecule has 0 fully saturated rings. The van der Waals surface area contributed by atoms with Crippen LogP contribution in [0.2, 0.25) is 0 Å². The molecule has 2 aromatic rings. The van der Waals surface area contributed by atoms with Crippen LogP contribution in [-0.2, 0) is 13.0 Å². The minimum atomic E-state index is 0.733. The Morgan fingerprint density at radius 3 is 2.95 bits per heavy atom. The van der Waals surface area contributed by atoms with E-state index in [1.54, 1.807) is 0 Å². The first-order valence-corrected chi connectivity index (χ1v) is 6.82. The van der Waals surface area contributed by atoms with Crippen molar-refractivity contribution in [2.45, 2.75) is 19.9 Å². The number of aromatic nitrogens is 1. The third-order valence-electron chi connectivity index (χ3n) is 3.68. The summed E-state index contributed by atoms with van der Waals surface area (Å²) in [6.45, 7) is 3.55. The summed E-state index contributed by atoms with van der Waals surface area (Å²) in [5.41, 5.74) is 9.99. The normalized spacial score (nSPS) is 12.9. The average molecular weight is 269 g/mol. The van der Waals surface area contributed by atoms with Gasteiger partial charge in [0.2, 0.25) is 0 Å². The van der Waals surface area contributed by atoms with Gasteiger partial charge in [0.1, 0.15) is 11.6 Å². The van der Waals surface area contributed by atoms with Crippen LogP contribution in [0.1, 0.15) is 16.8 Å². The van der Waals surface area contributed by atoms with Crippen LogP contribution in [0.15, 0.2) is 30.3 Å². The molecule has 4 heteroatoms. The van der Waals surface area contributed by atoms with Gasteiger partial charge in [-0.2, -0.15) is 0 Å². The van der Waals surface area contributed by atoms with E-state index in [1.165, 1.54) is 11.1 Å². The number of rotatable bonds is 3. The highest BCUT2D eigenvalue weighted by Gasteiger charge is 2.13. The Hall–Kier alpha value is -2.23. The molecule has 1 aliphatic heterocycles. The second-order valence-electron chi connectivity index (χ2n) is 5.24. The molecule has 104 valence electrons. The van der Waals surface area contributed by atoms with Crippen molar-refractivity contribution in [3.05, 3.63) is 47.2 Å². The average Bonchev–Trinajstić information content (AvgIpc) is 2.89. The lowest BCUT2D eigenvalue weighted by Crippen LogP contribution is -2.18. The zero-order valence-electron chi connectivity index (χ0n) is 11.9. The predicted molar refractivity (Wildman–Crippen MR) is 81.1 cm³/mol. The van der Waals surface area contributed by atoms with Crippen LogP contribution in [0.25, 0.3) is 0 Å². The summed E-state index contributed by atoms with van der Waals surface area (Å²) in [6, 6.07) is 10.3. The number of pyridine rings is 1. The van der Waals surface area contributed by atoms with E-state index in [-0.39, 0.29) is 0 Å². The van der Waals surface area contributed by atoms with Gasteiger partial charge in [0, 0.05) is 20.0 Å². The van der Waals surface area contributed by atoms with Crippen molar-refractivity contribution in [2.75, 3.05) is 24.3 Å². The first-order chi connectivity index (χ1) is 9.63. The second-order valence-corrected chi connectivity index (χ2v) is 5.24. The Bertz CT molecular complexity index is 640. The topological polar surface area (TPSA) is 51.4 Å². The largest absolute Gasteiger partial charge is 0.493 e. The van der Waals surface area contributed by atoms with E-state index in [0.29, 0.717) is 0 Å². The van der Waals surface area contributed by atoms with Crippen molar-refractivity contribution in [1.82, 2.24) is 4.98 Å². The number of nitrogens with two attached hydrogens (primary N) is 1.